The van der Waals surface area contributed by atoms with Crippen molar-refractivity contribution in [3.05, 3.63) is 81.4 Å². The van der Waals surface area contributed by atoms with Gasteiger partial charge in [0, 0.05) is 52.2 Å². The predicted octanol–water partition coefficient (Wildman–Crippen LogP) is 5.84. The molecular formula is C22H16Cl2N2O4. The number of anilines is 1. The average molecular weight is 443 g/mol. The second-order valence-corrected chi connectivity index (χ2v) is 7.59. The summed E-state index contributed by atoms with van der Waals surface area (Å²) in [5.41, 5.74) is 2.32. The Labute approximate surface area is 181 Å². The summed E-state index contributed by atoms with van der Waals surface area (Å²) in [5.74, 6) is 0.384. The van der Waals surface area contributed by atoms with Crippen LogP contribution in [0.4, 0.5) is 5.69 Å². The third-order valence-corrected chi connectivity index (χ3v) is 5.09. The van der Waals surface area contributed by atoms with Crippen molar-refractivity contribution in [1.29, 1.82) is 0 Å². The molecule has 2 aromatic carbocycles. The second kappa shape index (κ2) is 8.34. The van der Waals surface area contributed by atoms with Crippen LogP contribution in [-0.2, 0) is 11.2 Å². The van der Waals surface area contributed by atoms with Crippen molar-refractivity contribution in [1.82, 2.24) is 5.16 Å². The van der Waals surface area contributed by atoms with Crippen molar-refractivity contribution in [2.45, 2.75) is 19.8 Å². The number of carbonyl (C=O) groups excluding carboxylic acids is 2. The highest BCUT2D eigenvalue weighted by atomic mass is 35.5. The molecule has 0 saturated carbocycles. The first-order valence-electron chi connectivity index (χ1n) is 9.15. The van der Waals surface area contributed by atoms with Gasteiger partial charge < -0.3 is 14.3 Å². The van der Waals surface area contributed by atoms with Crippen molar-refractivity contribution in [2.24, 2.45) is 0 Å². The normalized spacial score (nSPS) is 11.0. The van der Waals surface area contributed by atoms with Gasteiger partial charge in [0.25, 0.3) is 0 Å². The molecule has 0 radical (unpaired) electrons. The zero-order valence-electron chi connectivity index (χ0n) is 15.9. The van der Waals surface area contributed by atoms with Gasteiger partial charge in [-0.25, -0.2) is 0 Å². The Hall–Kier alpha value is -3.09. The van der Waals surface area contributed by atoms with E-state index in [0.717, 1.165) is 10.9 Å². The van der Waals surface area contributed by atoms with E-state index in [-0.39, 0.29) is 29.0 Å². The number of rotatable bonds is 6. The Morgan fingerprint density at radius 1 is 1.07 bits per heavy atom. The molecule has 1 amide bonds. The highest BCUT2D eigenvalue weighted by Gasteiger charge is 2.19. The third kappa shape index (κ3) is 4.25. The van der Waals surface area contributed by atoms with E-state index in [2.05, 4.69) is 10.5 Å². The van der Waals surface area contributed by atoms with Gasteiger partial charge in [-0.05, 0) is 43.3 Å². The third-order valence-electron chi connectivity index (χ3n) is 4.66. The van der Waals surface area contributed by atoms with Crippen LogP contribution in [0.25, 0.3) is 11.0 Å². The van der Waals surface area contributed by atoms with Crippen LogP contribution in [0.5, 0.6) is 0 Å². The monoisotopic (exact) mass is 442 g/mol. The molecule has 0 aliphatic carbocycles. The number of aromatic nitrogens is 1. The molecule has 4 aromatic rings. The molecule has 0 fully saturated rings. The van der Waals surface area contributed by atoms with Crippen molar-refractivity contribution in [3.8, 4) is 0 Å². The summed E-state index contributed by atoms with van der Waals surface area (Å²) in [7, 11) is 0. The Morgan fingerprint density at radius 3 is 2.53 bits per heavy atom. The number of benzene rings is 2. The first kappa shape index (κ1) is 20.2. The van der Waals surface area contributed by atoms with E-state index in [1.807, 2.05) is 13.0 Å². The lowest BCUT2D eigenvalue weighted by Crippen LogP contribution is -2.12. The molecule has 0 saturated heterocycles. The minimum Gasteiger partial charge on any atom is -0.452 e. The minimum atomic E-state index is -0.225. The molecular weight excluding hydrogens is 427 g/mol. The lowest BCUT2D eigenvalue weighted by atomic mass is 10.0. The lowest BCUT2D eigenvalue weighted by Gasteiger charge is -2.04. The Kier molecular flexibility index (Phi) is 5.61. The standard InChI is InChI=1S/C22H16Cl2N2O4/c1-12-17-8-6-15(25-20(27)9-7-16-11-19(24)26-30-16)10-18(17)29-22(12)21(28)13-2-4-14(23)5-3-13/h2-6,8,10-11H,7,9H2,1H3,(H,25,27). The van der Waals surface area contributed by atoms with Crippen LogP contribution < -0.4 is 5.32 Å². The lowest BCUT2D eigenvalue weighted by molar-refractivity contribution is -0.116. The summed E-state index contributed by atoms with van der Waals surface area (Å²) in [5, 5.41) is 8.01. The van der Waals surface area contributed by atoms with E-state index in [1.165, 1.54) is 0 Å². The van der Waals surface area contributed by atoms with E-state index in [0.29, 0.717) is 34.0 Å². The van der Waals surface area contributed by atoms with Gasteiger partial charge in [0.15, 0.2) is 10.9 Å². The zero-order valence-corrected chi connectivity index (χ0v) is 17.4. The zero-order chi connectivity index (χ0) is 21.3. The van der Waals surface area contributed by atoms with Crippen LogP contribution in [-0.4, -0.2) is 16.8 Å². The molecule has 2 aromatic heterocycles. The molecule has 0 spiro atoms. The second-order valence-electron chi connectivity index (χ2n) is 6.77. The maximum Gasteiger partial charge on any atom is 0.228 e. The van der Waals surface area contributed by atoms with Gasteiger partial charge >= 0.3 is 0 Å². The number of ketones is 1. The van der Waals surface area contributed by atoms with Crippen molar-refractivity contribution in [2.75, 3.05) is 5.32 Å². The molecule has 4 rings (SSSR count). The number of fused-ring (bicyclic) bond motifs is 1. The fraction of sp³-hybridized carbons (Fsp3) is 0.136. The van der Waals surface area contributed by atoms with E-state index >= 15 is 0 Å². The number of nitrogens with zero attached hydrogens (tertiary/aromatic N) is 1. The molecule has 6 nitrogen and oxygen atoms in total. The van der Waals surface area contributed by atoms with Gasteiger partial charge in [0.1, 0.15) is 11.3 Å². The largest absolute Gasteiger partial charge is 0.452 e. The molecule has 0 atom stereocenters. The van der Waals surface area contributed by atoms with Crippen LogP contribution >= 0.6 is 23.2 Å². The minimum absolute atomic E-state index is 0.192. The summed E-state index contributed by atoms with van der Waals surface area (Å²) in [6.07, 6.45) is 0.592. The molecule has 152 valence electrons. The highest BCUT2D eigenvalue weighted by molar-refractivity contribution is 6.30. The van der Waals surface area contributed by atoms with Crippen LogP contribution in [0, 0.1) is 6.92 Å². The Balaban J connectivity index is 1.50. The van der Waals surface area contributed by atoms with E-state index < -0.39 is 0 Å². The molecule has 0 unspecified atom stereocenters. The van der Waals surface area contributed by atoms with Crippen molar-refractivity contribution >= 4 is 51.5 Å². The molecule has 8 heteroatoms. The first-order valence-corrected chi connectivity index (χ1v) is 9.90. The van der Waals surface area contributed by atoms with Crippen molar-refractivity contribution in [3.63, 3.8) is 0 Å². The summed E-state index contributed by atoms with van der Waals surface area (Å²) >= 11 is 11.6. The molecule has 30 heavy (non-hydrogen) atoms. The number of hydrogen-bond acceptors (Lipinski definition) is 5. The molecule has 0 aliphatic heterocycles. The predicted molar refractivity (Wildman–Crippen MR) is 114 cm³/mol. The van der Waals surface area contributed by atoms with E-state index in [4.69, 9.17) is 32.1 Å². The smallest absolute Gasteiger partial charge is 0.228 e. The fourth-order valence-corrected chi connectivity index (χ4v) is 3.40. The summed E-state index contributed by atoms with van der Waals surface area (Å²) < 4.78 is 10.8. The van der Waals surface area contributed by atoms with Crippen LogP contribution in [0.2, 0.25) is 10.2 Å². The first-order chi connectivity index (χ1) is 14.4. The van der Waals surface area contributed by atoms with Crippen molar-refractivity contribution < 1.29 is 18.5 Å². The number of aryl methyl sites for hydroxylation is 2. The molecule has 1 N–H and O–H groups in total. The molecule has 2 heterocycles. The van der Waals surface area contributed by atoms with Crippen LogP contribution in [0.15, 0.2) is 57.5 Å². The SMILES string of the molecule is Cc1c(C(=O)c2ccc(Cl)cc2)oc2cc(NC(=O)CCc3cc(Cl)no3)ccc12. The van der Waals surface area contributed by atoms with Gasteiger partial charge in [-0.2, -0.15) is 0 Å². The maximum atomic E-state index is 12.8. The van der Waals surface area contributed by atoms with Gasteiger partial charge in [0.05, 0.1) is 0 Å². The van der Waals surface area contributed by atoms with Crippen LogP contribution in [0.3, 0.4) is 0 Å². The summed E-state index contributed by atoms with van der Waals surface area (Å²) in [6, 6.07) is 13.5. The quantitative estimate of drug-likeness (QED) is 0.379. The number of amides is 1. The number of halogens is 2. The van der Waals surface area contributed by atoms with Crippen LogP contribution in [0.1, 0.15) is 33.9 Å². The van der Waals surface area contributed by atoms with Gasteiger partial charge in [-0.3, -0.25) is 9.59 Å². The van der Waals surface area contributed by atoms with E-state index in [9.17, 15) is 9.59 Å². The number of hydrogen-bond donors (Lipinski definition) is 1. The van der Waals surface area contributed by atoms with Gasteiger partial charge in [0.2, 0.25) is 11.7 Å². The Bertz CT molecular complexity index is 1240. The van der Waals surface area contributed by atoms with Gasteiger partial charge in [-0.15, -0.1) is 0 Å². The number of carbonyl (C=O) groups is 2. The Morgan fingerprint density at radius 2 is 1.83 bits per heavy atom. The maximum absolute atomic E-state index is 12.8. The number of furan rings is 1. The average Bonchev–Trinajstić information content (AvgIpc) is 3.29. The fourth-order valence-electron chi connectivity index (χ4n) is 3.12. The molecule has 0 bridgehead atoms. The van der Waals surface area contributed by atoms with E-state index in [1.54, 1.807) is 42.5 Å². The number of nitrogens with one attached hydrogen (secondary N) is 1. The highest BCUT2D eigenvalue weighted by Crippen LogP contribution is 2.29. The summed E-state index contributed by atoms with van der Waals surface area (Å²) in [4.78, 5) is 25.0. The molecule has 0 aliphatic rings. The topological polar surface area (TPSA) is 85.3 Å². The van der Waals surface area contributed by atoms with Gasteiger partial charge in [-0.1, -0.05) is 28.4 Å². The summed E-state index contributed by atoms with van der Waals surface area (Å²) in [6.45, 7) is 1.83.